The van der Waals surface area contributed by atoms with Gasteiger partial charge in [0.2, 0.25) is 0 Å². The van der Waals surface area contributed by atoms with Crippen molar-refractivity contribution in [1.82, 2.24) is 0 Å². The van der Waals surface area contributed by atoms with Crippen LogP contribution in [0.15, 0.2) is 29.6 Å². The summed E-state index contributed by atoms with van der Waals surface area (Å²) in [6, 6.07) is 7.77. The molecule has 0 amide bonds. The van der Waals surface area contributed by atoms with Gasteiger partial charge in [0.15, 0.2) is 5.78 Å². The Hall–Kier alpha value is -1.19. The minimum Gasteiger partial charge on any atom is -0.321 e. The van der Waals surface area contributed by atoms with Gasteiger partial charge >= 0.3 is 0 Å². The molecule has 2 nitrogen and oxygen atoms in total. The maximum Gasteiger partial charge on any atom is 0.154 e. The Balaban J connectivity index is 2.22. The molecule has 96 valence electrons. The normalized spacial score (nSPS) is 13.8. The lowest BCUT2D eigenvalue weighted by molar-refractivity contribution is -0.121. The molecule has 0 radical (unpaired) electrons. The number of hydrogen-bond donors (Lipinski definition) is 1. The van der Waals surface area contributed by atoms with Gasteiger partial charge in [0.1, 0.15) is 0 Å². The lowest BCUT2D eigenvalue weighted by Crippen LogP contribution is -2.43. The van der Waals surface area contributed by atoms with Gasteiger partial charge < -0.3 is 5.73 Å². The van der Waals surface area contributed by atoms with E-state index in [1.165, 1.54) is 10.1 Å². The number of carbonyl (C=O) groups is 1. The second-order valence-corrected chi connectivity index (χ2v) is 6.66. The van der Waals surface area contributed by atoms with Gasteiger partial charge in [0.25, 0.3) is 0 Å². The molecule has 2 rings (SSSR count). The predicted molar refractivity (Wildman–Crippen MR) is 78.0 cm³/mol. The topological polar surface area (TPSA) is 43.1 Å². The number of carbonyl (C=O) groups excluding carboxylic acids is 1. The molecule has 0 fully saturated rings. The van der Waals surface area contributed by atoms with E-state index in [0.717, 1.165) is 5.56 Å². The first-order chi connectivity index (χ1) is 8.39. The highest BCUT2D eigenvalue weighted by Crippen LogP contribution is 2.27. The number of fused-ring (bicyclic) bond motifs is 1. The molecular formula is C15H19NOS. The van der Waals surface area contributed by atoms with E-state index < -0.39 is 6.04 Å². The molecule has 0 saturated carbocycles. The van der Waals surface area contributed by atoms with E-state index in [1.54, 1.807) is 11.3 Å². The van der Waals surface area contributed by atoms with Crippen molar-refractivity contribution in [2.45, 2.75) is 33.2 Å². The van der Waals surface area contributed by atoms with Gasteiger partial charge in [-0.1, -0.05) is 39.0 Å². The molecule has 0 spiro atoms. The van der Waals surface area contributed by atoms with Gasteiger partial charge in [-0.25, -0.2) is 0 Å². The lowest BCUT2D eigenvalue weighted by Gasteiger charge is -2.25. The van der Waals surface area contributed by atoms with Crippen molar-refractivity contribution in [2.24, 2.45) is 11.1 Å². The van der Waals surface area contributed by atoms with Crippen molar-refractivity contribution >= 4 is 27.2 Å². The van der Waals surface area contributed by atoms with Crippen LogP contribution < -0.4 is 5.73 Å². The summed E-state index contributed by atoms with van der Waals surface area (Å²) in [6.45, 7) is 6.00. The molecule has 1 unspecified atom stereocenters. The number of rotatable bonds is 3. The quantitative estimate of drug-likeness (QED) is 0.920. The molecule has 1 heterocycles. The zero-order chi connectivity index (χ0) is 13.3. The molecule has 0 aliphatic rings. The number of nitrogens with two attached hydrogens (primary N) is 1. The SMILES string of the molecule is CC(C)(C)C(N)C(=O)Cc1csc2ccccc12. The van der Waals surface area contributed by atoms with Gasteiger partial charge in [-0.05, 0) is 27.8 Å². The Morgan fingerprint density at radius 2 is 2.00 bits per heavy atom. The predicted octanol–water partition coefficient (Wildman–Crippen LogP) is 3.39. The fraction of sp³-hybridized carbons (Fsp3) is 0.400. The summed E-state index contributed by atoms with van der Waals surface area (Å²) in [5, 5.41) is 3.25. The highest BCUT2D eigenvalue weighted by molar-refractivity contribution is 7.17. The maximum atomic E-state index is 12.2. The minimum atomic E-state index is -0.406. The molecular weight excluding hydrogens is 242 g/mol. The number of benzene rings is 1. The molecule has 0 aliphatic carbocycles. The largest absolute Gasteiger partial charge is 0.321 e. The van der Waals surface area contributed by atoms with Crippen LogP contribution in [0.25, 0.3) is 10.1 Å². The summed E-state index contributed by atoms with van der Waals surface area (Å²) in [6.07, 6.45) is 0.433. The number of Topliss-reactive ketones (excluding diaryl/α,β-unsaturated/α-hetero) is 1. The first-order valence-electron chi connectivity index (χ1n) is 6.13. The van der Waals surface area contributed by atoms with Crippen LogP contribution in [0.2, 0.25) is 0 Å². The number of thiophene rings is 1. The van der Waals surface area contributed by atoms with E-state index >= 15 is 0 Å². The van der Waals surface area contributed by atoms with Crippen molar-refractivity contribution in [1.29, 1.82) is 0 Å². The van der Waals surface area contributed by atoms with E-state index in [-0.39, 0.29) is 11.2 Å². The van der Waals surface area contributed by atoms with Crippen LogP contribution in [0.4, 0.5) is 0 Å². The van der Waals surface area contributed by atoms with Crippen molar-refractivity contribution in [3.63, 3.8) is 0 Å². The zero-order valence-corrected chi connectivity index (χ0v) is 11.9. The van der Waals surface area contributed by atoms with Crippen molar-refractivity contribution in [2.75, 3.05) is 0 Å². The minimum absolute atomic E-state index is 0.117. The first-order valence-corrected chi connectivity index (χ1v) is 7.01. The third-order valence-corrected chi connectivity index (χ3v) is 4.22. The molecule has 18 heavy (non-hydrogen) atoms. The summed E-state index contributed by atoms with van der Waals surface area (Å²) in [5.41, 5.74) is 6.93. The van der Waals surface area contributed by atoms with Gasteiger partial charge in [-0.15, -0.1) is 11.3 Å². The summed E-state index contributed by atoms with van der Waals surface area (Å²) in [5.74, 6) is 0.117. The van der Waals surface area contributed by atoms with Crippen LogP contribution in [-0.4, -0.2) is 11.8 Å². The van der Waals surface area contributed by atoms with Crippen LogP contribution >= 0.6 is 11.3 Å². The summed E-state index contributed by atoms with van der Waals surface area (Å²) >= 11 is 1.68. The standard InChI is InChI=1S/C15H19NOS/c1-15(2,3)14(16)12(17)8-10-9-18-13-7-5-4-6-11(10)13/h4-7,9,14H,8,16H2,1-3H3. The fourth-order valence-corrected chi connectivity index (χ4v) is 2.91. The first kappa shape index (κ1) is 13.2. The van der Waals surface area contributed by atoms with Gasteiger partial charge in [0.05, 0.1) is 6.04 Å². The Kier molecular flexibility index (Phi) is 3.55. The number of hydrogen-bond acceptors (Lipinski definition) is 3. The third-order valence-electron chi connectivity index (χ3n) is 3.21. The Morgan fingerprint density at radius 3 is 2.67 bits per heavy atom. The van der Waals surface area contributed by atoms with Crippen molar-refractivity contribution < 1.29 is 4.79 Å². The van der Waals surface area contributed by atoms with E-state index in [1.807, 2.05) is 32.9 Å². The molecule has 3 heteroatoms. The molecule has 1 aromatic carbocycles. The summed E-state index contributed by atoms with van der Waals surface area (Å²) < 4.78 is 1.23. The van der Waals surface area contributed by atoms with Crippen molar-refractivity contribution in [3.05, 3.63) is 35.2 Å². The van der Waals surface area contributed by atoms with Gasteiger partial charge in [-0.2, -0.15) is 0 Å². The Labute approximate surface area is 112 Å². The van der Waals surface area contributed by atoms with Crippen LogP contribution in [0.3, 0.4) is 0 Å². The van der Waals surface area contributed by atoms with Crippen LogP contribution in [0.5, 0.6) is 0 Å². The van der Waals surface area contributed by atoms with Crippen LogP contribution in [0.1, 0.15) is 26.3 Å². The van der Waals surface area contributed by atoms with E-state index in [2.05, 4.69) is 17.5 Å². The highest BCUT2D eigenvalue weighted by Gasteiger charge is 2.27. The second kappa shape index (κ2) is 4.82. The van der Waals surface area contributed by atoms with E-state index in [9.17, 15) is 4.79 Å². The monoisotopic (exact) mass is 261 g/mol. The molecule has 0 aliphatic heterocycles. The van der Waals surface area contributed by atoms with Crippen molar-refractivity contribution in [3.8, 4) is 0 Å². The average Bonchev–Trinajstić information content (AvgIpc) is 2.70. The summed E-state index contributed by atoms with van der Waals surface area (Å²) in [7, 11) is 0. The molecule has 2 aromatic rings. The Morgan fingerprint density at radius 1 is 1.33 bits per heavy atom. The molecule has 1 atom stereocenters. The van der Waals surface area contributed by atoms with E-state index in [0.29, 0.717) is 6.42 Å². The molecule has 2 N–H and O–H groups in total. The van der Waals surface area contributed by atoms with Crippen LogP contribution in [-0.2, 0) is 11.2 Å². The van der Waals surface area contributed by atoms with Crippen LogP contribution in [0, 0.1) is 5.41 Å². The van der Waals surface area contributed by atoms with Gasteiger partial charge in [0, 0.05) is 11.1 Å². The lowest BCUT2D eigenvalue weighted by atomic mass is 9.83. The highest BCUT2D eigenvalue weighted by atomic mass is 32.1. The smallest absolute Gasteiger partial charge is 0.154 e. The zero-order valence-electron chi connectivity index (χ0n) is 11.1. The number of ketones is 1. The third kappa shape index (κ3) is 2.62. The molecule has 0 bridgehead atoms. The second-order valence-electron chi connectivity index (χ2n) is 5.74. The van der Waals surface area contributed by atoms with E-state index in [4.69, 9.17) is 5.73 Å². The maximum absolute atomic E-state index is 12.2. The van der Waals surface area contributed by atoms with Gasteiger partial charge in [-0.3, -0.25) is 4.79 Å². The fourth-order valence-electron chi connectivity index (χ4n) is 1.95. The molecule has 0 saturated heterocycles. The summed E-state index contributed by atoms with van der Waals surface area (Å²) in [4.78, 5) is 12.2. The average molecular weight is 261 g/mol. The Bertz CT molecular complexity index is 565. The molecule has 1 aromatic heterocycles.